The normalized spacial score (nSPS) is 20.0. The van der Waals surface area contributed by atoms with Crippen molar-refractivity contribution in [1.29, 1.82) is 0 Å². The van der Waals surface area contributed by atoms with Crippen LogP contribution in [0.1, 0.15) is 29.9 Å². The van der Waals surface area contributed by atoms with Gasteiger partial charge in [0.15, 0.2) is 0 Å². The summed E-state index contributed by atoms with van der Waals surface area (Å²) in [5.41, 5.74) is 2.18. The van der Waals surface area contributed by atoms with Crippen molar-refractivity contribution in [3.63, 3.8) is 0 Å². The van der Waals surface area contributed by atoms with Gasteiger partial charge in [0.2, 0.25) is 5.72 Å². The fourth-order valence-electron chi connectivity index (χ4n) is 2.92. The molecule has 0 N–H and O–H groups in total. The van der Waals surface area contributed by atoms with Gasteiger partial charge < -0.3 is 0 Å². The van der Waals surface area contributed by atoms with Gasteiger partial charge >= 0.3 is 0 Å². The van der Waals surface area contributed by atoms with Crippen LogP contribution in [0.3, 0.4) is 0 Å². The summed E-state index contributed by atoms with van der Waals surface area (Å²) in [6.07, 6.45) is 3.57. The molecule has 2 atom stereocenters. The minimum atomic E-state index is -0.711. The quantitative estimate of drug-likeness (QED) is 0.689. The maximum atomic E-state index is 6.10. The first-order chi connectivity index (χ1) is 11.3. The van der Waals surface area contributed by atoms with E-state index in [2.05, 4.69) is 29.0 Å². The highest BCUT2D eigenvalue weighted by atomic mass is 16.9. The van der Waals surface area contributed by atoms with Crippen molar-refractivity contribution in [3.05, 3.63) is 96.1 Å². The van der Waals surface area contributed by atoms with Crippen LogP contribution >= 0.6 is 0 Å². The van der Waals surface area contributed by atoms with Gasteiger partial charge in [-0.3, -0.25) is 14.8 Å². The summed E-state index contributed by atoms with van der Waals surface area (Å²) in [4.78, 5) is 15.1. The molecule has 1 aliphatic rings. The summed E-state index contributed by atoms with van der Waals surface area (Å²) >= 11 is 0. The zero-order chi connectivity index (χ0) is 15.7. The minimum absolute atomic E-state index is 0.0974. The topological polar surface area (TPSA) is 41.3 Å². The second kappa shape index (κ2) is 5.57. The maximum Gasteiger partial charge on any atom is 0.249 e. The van der Waals surface area contributed by atoms with Gasteiger partial charge in [-0.25, -0.2) is 0 Å². The predicted molar refractivity (Wildman–Crippen MR) is 87.0 cm³/mol. The van der Waals surface area contributed by atoms with Crippen LogP contribution in [0.25, 0.3) is 0 Å². The molecule has 4 nitrogen and oxygen atoms in total. The molecular weight excluding hydrogens is 286 g/mol. The number of rotatable bonds is 4. The van der Waals surface area contributed by atoms with Crippen molar-refractivity contribution in [3.8, 4) is 0 Å². The van der Waals surface area contributed by atoms with Gasteiger partial charge in [0.1, 0.15) is 0 Å². The Kier molecular flexibility index (Phi) is 3.41. The molecule has 1 aliphatic heterocycles. The van der Waals surface area contributed by atoms with Gasteiger partial charge in [0.05, 0.1) is 17.4 Å². The molecule has 0 amide bonds. The molecule has 0 bridgehead atoms. The Morgan fingerprint density at radius 3 is 1.91 bits per heavy atom. The molecule has 2 aromatic heterocycles. The van der Waals surface area contributed by atoms with Gasteiger partial charge in [0, 0.05) is 12.4 Å². The Bertz CT molecular complexity index is 738. The van der Waals surface area contributed by atoms with Crippen LogP contribution < -0.4 is 0 Å². The number of nitrogens with zero attached hydrogens (tertiary/aromatic N) is 3. The van der Waals surface area contributed by atoms with E-state index in [-0.39, 0.29) is 6.04 Å². The molecule has 0 aliphatic carbocycles. The van der Waals surface area contributed by atoms with Gasteiger partial charge in [-0.15, -0.1) is 5.06 Å². The van der Waals surface area contributed by atoms with Crippen LogP contribution in [0.2, 0.25) is 0 Å². The van der Waals surface area contributed by atoms with E-state index in [1.807, 2.05) is 59.7 Å². The molecule has 23 heavy (non-hydrogen) atoms. The van der Waals surface area contributed by atoms with Crippen LogP contribution in [0.4, 0.5) is 0 Å². The van der Waals surface area contributed by atoms with Gasteiger partial charge in [-0.1, -0.05) is 42.5 Å². The Labute approximate surface area is 135 Å². The third-order valence-electron chi connectivity index (χ3n) is 4.17. The second-order valence-corrected chi connectivity index (χ2v) is 5.58. The summed E-state index contributed by atoms with van der Waals surface area (Å²) in [5.74, 6) is 0. The molecule has 4 rings (SSSR count). The highest BCUT2D eigenvalue weighted by Crippen LogP contribution is 2.53. The lowest BCUT2D eigenvalue weighted by Crippen LogP contribution is -2.22. The van der Waals surface area contributed by atoms with Crippen LogP contribution in [0.15, 0.2) is 79.1 Å². The van der Waals surface area contributed by atoms with Crippen LogP contribution in [0.5, 0.6) is 0 Å². The zero-order valence-corrected chi connectivity index (χ0v) is 12.8. The highest BCUT2D eigenvalue weighted by molar-refractivity contribution is 5.32. The van der Waals surface area contributed by atoms with Crippen molar-refractivity contribution < 1.29 is 4.84 Å². The predicted octanol–water partition coefficient (Wildman–Crippen LogP) is 3.69. The summed E-state index contributed by atoms with van der Waals surface area (Å²) in [5, 5.41) is 1.97. The van der Waals surface area contributed by atoms with Crippen LogP contribution in [-0.2, 0) is 10.6 Å². The van der Waals surface area contributed by atoms with E-state index in [0.29, 0.717) is 0 Å². The Morgan fingerprint density at radius 2 is 1.39 bits per heavy atom. The molecule has 1 unspecified atom stereocenters. The van der Waals surface area contributed by atoms with E-state index in [9.17, 15) is 0 Å². The average molecular weight is 303 g/mol. The number of hydrogen-bond acceptors (Lipinski definition) is 4. The van der Waals surface area contributed by atoms with E-state index in [4.69, 9.17) is 4.84 Å². The largest absolute Gasteiger partial charge is 0.257 e. The Hall–Kier alpha value is -2.56. The van der Waals surface area contributed by atoms with Crippen molar-refractivity contribution in [1.82, 2.24) is 15.0 Å². The first-order valence-corrected chi connectivity index (χ1v) is 7.69. The van der Waals surface area contributed by atoms with E-state index in [1.165, 1.54) is 5.56 Å². The molecule has 1 fully saturated rings. The van der Waals surface area contributed by atoms with Gasteiger partial charge in [-0.05, 0) is 36.8 Å². The van der Waals surface area contributed by atoms with Crippen molar-refractivity contribution in [2.45, 2.75) is 18.7 Å². The molecular formula is C19H17N3O. The molecule has 3 aromatic rings. The summed E-state index contributed by atoms with van der Waals surface area (Å²) < 4.78 is 0. The molecule has 1 saturated heterocycles. The molecule has 114 valence electrons. The molecule has 3 heterocycles. The first-order valence-electron chi connectivity index (χ1n) is 7.69. The lowest BCUT2D eigenvalue weighted by Gasteiger charge is -2.16. The Balaban J connectivity index is 1.76. The molecule has 0 radical (unpaired) electrons. The molecule has 0 saturated carbocycles. The van der Waals surface area contributed by atoms with Gasteiger partial charge in [0.25, 0.3) is 0 Å². The van der Waals surface area contributed by atoms with Crippen LogP contribution in [0, 0.1) is 0 Å². The average Bonchev–Trinajstić information content (AvgIpc) is 3.40. The van der Waals surface area contributed by atoms with Crippen molar-refractivity contribution in [2.75, 3.05) is 0 Å². The fraction of sp³-hybridized carbons (Fsp3) is 0.158. The van der Waals surface area contributed by atoms with E-state index in [1.54, 1.807) is 12.4 Å². The number of pyridine rings is 2. The second-order valence-electron chi connectivity index (χ2n) is 5.58. The summed E-state index contributed by atoms with van der Waals surface area (Å²) in [6, 6.07) is 22.1. The molecule has 0 spiro atoms. The lowest BCUT2D eigenvalue weighted by atomic mass is 10.0. The number of benzene rings is 1. The fourth-order valence-corrected chi connectivity index (χ4v) is 2.92. The number of hydroxylamine groups is 2. The lowest BCUT2D eigenvalue weighted by molar-refractivity contribution is 0.154. The SMILES string of the molecule is C[C@@H](c1ccccc1)N1OC1(c1ccccn1)c1ccccn1. The van der Waals surface area contributed by atoms with Crippen LogP contribution in [-0.4, -0.2) is 15.0 Å². The van der Waals surface area contributed by atoms with E-state index in [0.717, 1.165) is 11.4 Å². The van der Waals surface area contributed by atoms with Crippen molar-refractivity contribution in [2.24, 2.45) is 0 Å². The molecule has 4 heteroatoms. The zero-order valence-electron chi connectivity index (χ0n) is 12.8. The minimum Gasteiger partial charge on any atom is -0.257 e. The number of aromatic nitrogens is 2. The van der Waals surface area contributed by atoms with E-state index < -0.39 is 5.72 Å². The third kappa shape index (κ3) is 2.32. The standard InChI is InChI=1S/C19H17N3O/c1-15(16-9-3-2-4-10-16)22-19(23-22,17-11-5-7-13-20-17)18-12-6-8-14-21-18/h2-15H,1H3/t15-,22?/m0/s1. The molecule has 1 aromatic carbocycles. The third-order valence-corrected chi connectivity index (χ3v) is 4.17. The number of hydrogen-bond donors (Lipinski definition) is 0. The summed E-state index contributed by atoms with van der Waals surface area (Å²) in [6.45, 7) is 2.13. The van der Waals surface area contributed by atoms with E-state index >= 15 is 0 Å². The van der Waals surface area contributed by atoms with Crippen molar-refractivity contribution >= 4 is 0 Å². The Morgan fingerprint density at radius 1 is 0.826 bits per heavy atom. The highest BCUT2D eigenvalue weighted by Gasteiger charge is 2.62. The monoisotopic (exact) mass is 303 g/mol. The maximum absolute atomic E-state index is 6.10. The first kappa shape index (κ1) is 14.1. The smallest absolute Gasteiger partial charge is 0.249 e. The van der Waals surface area contributed by atoms with Gasteiger partial charge in [-0.2, -0.15) is 0 Å². The summed E-state index contributed by atoms with van der Waals surface area (Å²) in [7, 11) is 0.